The number of nitrogens with one attached hydrogen (secondary N) is 1. The lowest BCUT2D eigenvalue weighted by Gasteiger charge is -2.24. The molecule has 0 bridgehead atoms. The molecule has 1 aliphatic rings. The lowest BCUT2D eigenvalue weighted by Crippen LogP contribution is -2.23. The first-order valence-corrected chi connectivity index (χ1v) is 7.06. The smallest absolute Gasteiger partial charge is 0.234 e. The summed E-state index contributed by atoms with van der Waals surface area (Å²) in [6, 6.07) is 8.20. The fourth-order valence-electron chi connectivity index (χ4n) is 2.74. The second-order valence-corrected chi connectivity index (χ2v) is 5.17. The molecule has 3 rings (SSSR count). The van der Waals surface area contributed by atoms with Crippen LogP contribution in [0.3, 0.4) is 0 Å². The van der Waals surface area contributed by atoms with Crippen molar-refractivity contribution in [1.29, 1.82) is 5.26 Å². The van der Waals surface area contributed by atoms with Crippen molar-refractivity contribution < 1.29 is 8.91 Å². The highest BCUT2D eigenvalue weighted by atomic mass is 19.1. The van der Waals surface area contributed by atoms with Gasteiger partial charge in [-0.3, -0.25) is 0 Å². The highest BCUT2D eigenvalue weighted by Crippen LogP contribution is 2.42. The van der Waals surface area contributed by atoms with Crippen LogP contribution in [0.15, 0.2) is 40.2 Å². The van der Waals surface area contributed by atoms with E-state index in [0.717, 1.165) is 29.7 Å². The Morgan fingerprint density at radius 2 is 2.14 bits per heavy atom. The second-order valence-electron chi connectivity index (χ2n) is 5.17. The molecule has 6 heteroatoms. The van der Waals surface area contributed by atoms with Gasteiger partial charge in [0.2, 0.25) is 5.88 Å². The third-order valence-corrected chi connectivity index (χ3v) is 3.73. The minimum atomic E-state index is -0.394. The zero-order valence-electron chi connectivity index (χ0n) is 12.1. The molecule has 2 heterocycles. The van der Waals surface area contributed by atoms with Crippen molar-refractivity contribution in [3.8, 4) is 6.07 Å². The summed E-state index contributed by atoms with van der Waals surface area (Å²) in [4.78, 5) is 0. The summed E-state index contributed by atoms with van der Waals surface area (Å²) >= 11 is 0. The third-order valence-electron chi connectivity index (χ3n) is 3.73. The quantitative estimate of drug-likeness (QED) is 0.909. The van der Waals surface area contributed by atoms with E-state index in [1.807, 2.05) is 6.92 Å². The minimum Gasteiger partial charge on any atom is -0.384 e. The topological polar surface area (TPSA) is 87.9 Å². The predicted molar refractivity (Wildman–Crippen MR) is 79.2 cm³/mol. The van der Waals surface area contributed by atoms with Gasteiger partial charge in [0, 0.05) is 0 Å². The van der Waals surface area contributed by atoms with Crippen molar-refractivity contribution in [1.82, 2.24) is 5.16 Å². The van der Waals surface area contributed by atoms with Gasteiger partial charge in [-0.15, -0.1) is 0 Å². The van der Waals surface area contributed by atoms with E-state index in [1.54, 1.807) is 12.1 Å². The van der Waals surface area contributed by atoms with Gasteiger partial charge in [-0.25, -0.2) is 4.39 Å². The first-order valence-electron chi connectivity index (χ1n) is 7.06. The number of aryl methyl sites for hydroxylation is 1. The summed E-state index contributed by atoms with van der Waals surface area (Å²) in [5.41, 5.74) is 8.70. The van der Waals surface area contributed by atoms with Crippen molar-refractivity contribution in [3.63, 3.8) is 0 Å². The van der Waals surface area contributed by atoms with Gasteiger partial charge in [0.15, 0.2) is 0 Å². The van der Waals surface area contributed by atoms with Crippen LogP contribution < -0.4 is 11.1 Å². The van der Waals surface area contributed by atoms with Gasteiger partial charge in [0.05, 0.1) is 28.8 Å². The van der Waals surface area contributed by atoms with Crippen LogP contribution in [0.4, 0.5) is 10.3 Å². The molecule has 112 valence electrons. The monoisotopic (exact) mass is 298 g/mol. The van der Waals surface area contributed by atoms with Crippen molar-refractivity contribution in [2.24, 2.45) is 5.73 Å². The predicted octanol–water partition coefficient (Wildman–Crippen LogP) is 3.02. The molecular weight excluding hydrogens is 283 g/mol. The molecule has 1 aromatic carbocycles. The fraction of sp³-hybridized carbons (Fsp3) is 0.250. The number of allylic oxidation sites excluding steroid dienone is 1. The summed E-state index contributed by atoms with van der Waals surface area (Å²) in [5, 5.41) is 16.4. The largest absolute Gasteiger partial charge is 0.384 e. The standard InChI is InChI=1S/C16H15FN4O/c1-2-3-12-14-13(9-4-6-10(17)7-5-9)11(8-18)15(19)20-16(14)22-21-12/h4-7,13,20H,2-3,19H2,1H3/t13-/m0/s1. The Hall–Kier alpha value is -2.81. The van der Waals surface area contributed by atoms with E-state index in [4.69, 9.17) is 10.3 Å². The molecule has 3 N–H and O–H groups in total. The van der Waals surface area contributed by atoms with Crippen molar-refractivity contribution >= 4 is 5.88 Å². The zero-order valence-corrected chi connectivity index (χ0v) is 12.1. The van der Waals surface area contributed by atoms with Crippen LogP contribution in [0, 0.1) is 17.1 Å². The van der Waals surface area contributed by atoms with Gasteiger partial charge in [0.1, 0.15) is 11.6 Å². The Morgan fingerprint density at radius 1 is 1.41 bits per heavy atom. The van der Waals surface area contributed by atoms with E-state index in [1.165, 1.54) is 12.1 Å². The lowest BCUT2D eigenvalue weighted by atomic mass is 9.82. The number of aromatic nitrogens is 1. The third kappa shape index (κ3) is 2.21. The van der Waals surface area contributed by atoms with Crippen LogP contribution in [0.1, 0.15) is 36.1 Å². The van der Waals surface area contributed by atoms with Crippen LogP contribution in [0.2, 0.25) is 0 Å². The molecule has 0 fully saturated rings. The minimum absolute atomic E-state index is 0.239. The maximum Gasteiger partial charge on any atom is 0.234 e. The van der Waals surface area contributed by atoms with Crippen LogP contribution in [0.5, 0.6) is 0 Å². The molecule has 0 saturated heterocycles. The molecule has 1 aromatic heterocycles. The number of hydrogen-bond acceptors (Lipinski definition) is 5. The number of nitriles is 1. The lowest BCUT2D eigenvalue weighted by molar-refractivity contribution is 0.424. The van der Waals surface area contributed by atoms with E-state index in [9.17, 15) is 9.65 Å². The average molecular weight is 298 g/mol. The van der Waals surface area contributed by atoms with E-state index in [0.29, 0.717) is 11.5 Å². The Labute approximate surface area is 127 Å². The second kappa shape index (κ2) is 5.53. The Balaban J connectivity index is 2.19. The van der Waals surface area contributed by atoms with E-state index in [-0.39, 0.29) is 11.6 Å². The van der Waals surface area contributed by atoms with Crippen molar-refractivity contribution in [2.45, 2.75) is 25.7 Å². The molecule has 0 aliphatic carbocycles. The number of nitrogens with zero attached hydrogens (tertiary/aromatic N) is 2. The summed E-state index contributed by atoms with van der Waals surface area (Å²) in [6.07, 6.45) is 1.63. The van der Waals surface area contributed by atoms with Gasteiger partial charge in [-0.2, -0.15) is 5.26 Å². The normalized spacial score (nSPS) is 16.9. The van der Waals surface area contributed by atoms with Crippen LogP contribution in [0.25, 0.3) is 0 Å². The summed E-state index contributed by atoms with van der Waals surface area (Å²) in [6.45, 7) is 2.04. The Kier molecular flexibility index (Phi) is 3.55. The highest BCUT2D eigenvalue weighted by Gasteiger charge is 2.34. The molecular formula is C16H15FN4O. The maximum absolute atomic E-state index is 13.2. The van der Waals surface area contributed by atoms with Crippen molar-refractivity contribution in [2.75, 3.05) is 5.32 Å². The Morgan fingerprint density at radius 3 is 2.77 bits per heavy atom. The van der Waals surface area contributed by atoms with E-state index < -0.39 is 5.92 Å². The molecule has 0 radical (unpaired) electrons. The zero-order chi connectivity index (χ0) is 15.7. The SMILES string of the molecule is CCCc1noc2c1[C@@H](c1ccc(F)cc1)C(C#N)=C(N)N2. The van der Waals surface area contributed by atoms with Gasteiger partial charge in [-0.05, 0) is 24.1 Å². The van der Waals surface area contributed by atoms with Crippen molar-refractivity contribution in [3.05, 3.63) is 58.3 Å². The molecule has 0 unspecified atom stereocenters. The number of hydrogen-bond donors (Lipinski definition) is 2. The number of rotatable bonds is 3. The van der Waals surface area contributed by atoms with E-state index >= 15 is 0 Å². The molecule has 2 aromatic rings. The number of fused-ring (bicyclic) bond motifs is 1. The summed E-state index contributed by atoms with van der Waals surface area (Å²) in [5.74, 6) is -0.0279. The number of halogens is 1. The first-order chi connectivity index (χ1) is 10.7. The first kappa shape index (κ1) is 14.1. The molecule has 5 nitrogen and oxygen atoms in total. The van der Waals surface area contributed by atoms with Gasteiger partial charge in [0.25, 0.3) is 0 Å². The number of anilines is 1. The van der Waals surface area contributed by atoms with Crippen LogP contribution in [-0.4, -0.2) is 5.16 Å². The molecule has 0 saturated carbocycles. The molecule has 1 aliphatic heterocycles. The number of benzene rings is 1. The van der Waals surface area contributed by atoms with E-state index in [2.05, 4.69) is 16.5 Å². The van der Waals surface area contributed by atoms with Gasteiger partial charge < -0.3 is 15.6 Å². The van der Waals surface area contributed by atoms with Crippen LogP contribution >= 0.6 is 0 Å². The maximum atomic E-state index is 13.2. The Bertz CT molecular complexity index is 770. The van der Waals surface area contributed by atoms with Crippen LogP contribution in [-0.2, 0) is 6.42 Å². The molecule has 0 spiro atoms. The van der Waals surface area contributed by atoms with Gasteiger partial charge >= 0.3 is 0 Å². The molecule has 22 heavy (non-hydrogen) atoms. The highest BCUT2D eigenvalue weighted by molar-refractivity contribution is 5.64. The molecule has 1 atom stereocenters. The number of nitrogens with two attached hydrogens (primary N) is 1. The molecule has 0 amide bonds. The summed E-state index contributed by atoms with van der Waals surface area (Å²) < 4.78 is 18.5. The van der Waals surface area contributed by atoms with Gasteiger partial charge in [-0.1, -0.05) is 30.6 Å². The average Bonchev–Trinajstić information content (AvgIpc) is 2.90. The fourth-order valence-corrected chi connectivity index (χ4v) is 2.74. The summed E-state index contributed by atoms with van der Waals surface area (Å²) in [7, 11) is 0.